The zero-order valence-corrected chi connectivity index (χ0v) is 13.4. The molecule has 0 saturated heterocycles. The molecule has 1 aliphatic carbocycles. The monoisotopic (exact) mass is 340 g/mol. The summed E-state index contributed by atoms with van der Waals surface area (Å²) >= 11 is 0. The molecule has 0 aromatic heterocycles. The van der Waals surface area contributed by atoms with Crippen molar-refractivity contribution in [2.75, 3.05) is 11.9 Å². The third-order valence-electron chi connectivity index (χ3n) is 4.36. The lowest BCUT2D eigenvalue weighted by atomic mass is 9.82. The standard InChI is InChI=1S/C17H22F2N2O3/c18-12-6-7-15(13(19)10-12)21-17(24)16(23)20-14(8-9-22)11-4-2-1-3-5-11/h6-7,10-11,14,22H,1-5,8-9H2,(H,20,23)(H,21,24). The quantitative estimate of drug-likeness (QED) is 0.720. The van der Waals surface area contributed by atoms with Crippen molar-refractivity contribution in [2.45, 2.75) is 44.6 Å². The highest BCUT2D eigenvalue weighted by Gasteiger charge is 2.27. The molecule has 1 aliphatic rings. The molecule has 1 aromatic carbocycles. The van der Waals surface area contributed by atoms with Gasteiger partial charge < -0.3 is 15.7 Å². The molecule has 2 rings (SSSR count). The average Bonchev–Trinajstić information content (AvgIpc) is 2.57. The Morgan fingerprint density at radius 3 is 2.50 bits per heavy atom. The molecule has 7 heteroatoms. The van der Waals surface area contributed by atoms with Gasteiger partial charge in [0.2, 0.25) is 0 Å². The first-order valence-corrected chi connectivity index (χ1v) is 8.19. The number of halogens is 2. The van der Waals surface area contributed by atoms with Gasteiger partial charge in [0.1, 0.15) is 11.6 Å². The zero-order valence-electron chi connectivity index (χ0n) is 13.4. The summed E-state index contributed by atoms with van der Waals surface area (Å²) in [5, 5.41) is 13.9. The number of rotatable bonds is 5. The number of aliphatic hydroxyl groups excluding tert-OH is 1. The topological polar surface area (TPSA) is 78.4 Å². The third-order valence-corrected chi connectivity index (χ3v) is 4.36. The van der Waals surface area contributed by atoms with E-state index in [0.717, 1.165) is 44.2 Å². The van der Waals surface area contributed by atoms with Gasteiger partial charge >= 0.3 is 11.8 Å². The number of aliphatic hydroxyl groups is 1. The van der Waals surface area contributed by atoms with Gasteiger partial charge in [0.25, 0.3) is 0 Å². The number of carbonyl (C=O) groups excluding carboxylic acids is 2. The van der Waals surface area contributed by atoms with Crippen LogP contribution in [0.5, 0.6) is 0 Å². The van der Waals surface area contributed by atoms with Crippen LogP contribution in [0.25, 0.3) is 0 Å². The SMILES string of the molecule is O=C(Nc1ccc(F)cc1F)C(=O)NC(CCO)C1CCCCC1. The van der Waals surface area contributed by atoms with E-state index in [1.807, 2.05) is 0 Å². The first-order chi connectivity index (χ1) is 11.5. The highest BCUT2D eigenvalue weighted by Crippen LogP contribution is 2.27. The van der Waals surface area contributed by atoms with Crippen LogP contribution in [-0.4, -0.2) is 29.6 Å². The average molecular weight is 340 g/mol. The van der Waals surface area contributed by atoms with Crippen LogP contribution < -0.4 is 10.6 Å². The van der Waals surface area contributed by atoms with Crippen LogP contribution in [0.15, 0.2) is 18.2 Å². The van der Waals surface area contributed by atoms with Crippen molar-refractivity contribution in [1.82, 2.24) is 5.32 Å². The normalized spacial score (nSPS) is 16.5. The highest BCUT2D eigenvalue weighted by molar-refractivity contribution is 6.39. The van der Waals surface area contributed by atoms with Crippen LogP contribution in [0.1, 0.15) is 38.5 Å². The maximum Gasteiger partial charge on any atom is 0.313 e. The zero-order chi connectivity index (χ0) is 17.5. The predicted molar refractivity (Wildman–Crippen MR) is 85.2 cm³/mol. The van der Waals surface area contributed by atoms with Crippen molar-refractivity contribution in [1.29, 1.82) is 0 Å². The minimum atomic E-state index is -1.01. The molecule has 1 saturated carbocycles. The Labute approximate surface area is 139 Å². The molecule has 1 fully saturated rings. The molecule has 5 nitrogen and oxygen atoms in total. The molecular weight excluding hydrogens is 318 g/mol. The number of amides is 2. The van der Waals surface area contributed by atoms with Crippen LogP contribution >= 0.6 is 0 Å². The van der Waals surface area contributed by atoms with E-state index in [0.29, 0.717) is 12.5 Å². The summed E-state index contributed by atoms with van der Waals surface area (Å²) in [6.45, 7) is -0.0876. The number of benzene rings is 1. The molecule has 0 spiro atoms. The van der Waals surface area contributed by atoms with Crippen molar-refractivity contribution in [3.8, 4) is 0 Å². The van der Waals surface area contributed by atoms with Gasteiger partial charge in [-0.25, -0.2) is 8.78 Å². The van der Waals surface area contributed by atoms with Crippen LogP contribution in [-0.2, 0) is 9.59 Å². The van der Waals surface area contributed by atoms with E-state index in [2.05, 4.69) is 10.6 Å². The van der Waals surface area contributed by atoms with Gasteiger partial charge in [-0.15, -0.1) is 0 Å². The second kappa shape index (κ2) is 8.73. The Hall–Kier alpha value is -2.02. The lowest BCUT2D eigenvalue weighted by molar-refractivity contribution is -0.137. The van der Waals surface area contributed by atoms with E-state index in [1.165, 1.54) is 0 Å². The maximum atomic E-state index is 13.5. The summed E-state index contributed by atoms with van der Waals surface area (Å²) in [6.07, 6.45) is 5.54. The van der Waals surface area contributed by atoms with E-state index in [4.69, 9.17) is 0 Å². The smallest absolute Gasteiger partial charge is 0.313 e. The van der Waals surface area contributed by atoms with E-state index >= 15 is 0 Å². The largest absolute Gasteiger partial charge is 0.396 e. The van der Waals surface area contributed by atoms with E-state index in [-0.39, 0.29) is 24.3 Å². The van der Waals surface area contributed by atoms with Gasteiger partial charge in [0.15, 0.2) is 0 Å². The molecule has 1 aromatic rings. The van der Waals surface area contributed by atoms with E-state index in [1.54, 1.807) is 0 Å². The fourth-order valence-corrected chi connectivity index (χ4v) is 3.11. The van der Waals surface area contributed by atoms with Crippen LogP contribution in [0.4, 0.5) is 14.5 Å². The van der Waals surface area contributed by atoms with Gasteiger partial charge in [-0.3, -0.25) is 9.59 Å². The predicted octanol–water partition coefficient (Wildman–Crippen LogP) is 2.35. The lowest BCUT2D eigenvalue weighted by Crippen LogP contribution is -2.46. The van der Waals surface area contributed by atoms with Gasteiger partial charge in [-0.1, -0.05) is 19.3 Å². The van der Waals surface area contributed by atoms with Crippen molar-refractivity contribution in [2.24, 2.45) is 5.92 Å². The third kappa shape index (κ3) is 4.99. The summed E-state index contributed by atoms with van der Waals surface area (Å²) in [6, 6.07) is 2.39. The molecular formula is C17H22F2N2O3. The molecule has 3 N–H and O–H groups in total. The molecule has 0 radical (unpaired) electrons. The number of carbonyl (C=O) groups is 2. The summed E-state index contributed by atoms with van der Waals surface area (Å²) in [4.78, 5) is 24.0. The second-order valence-electron chi connectivity index (χ2n) is 6.07. The van der Waals surface area contributed by atoms with Crippen molar-refractivity contribution in [3.05, 3.63) is 29.8 Å². The fraction of sp³-hybridized carbons (Fsp3) is 0.529. The van der Waals surface area contributed by atoms with Crippen LogP contribution in [0, 0.1) is 17.6 Å². The summed E-state index contributed by atoms with van der Waals surface area (Å²) < 4.78 is 26.4. The van der Waals surface area contributed by atoms with Crippen molar-refractivity contribution < 1.29 is 23.5 Å². The molecule has 0 heterocycles. The Morgan fingerprint density at radius 2 is 1.88 bits per heavy atom. The van der Waals surface area contributed by atoms with Gasteiger partial charge in [-0.2, -0.15) is 0 Å². The summed E-state index contributed by atoms with van der Waals surface area (Å²) in [5.74, 6) is -3.39. The number of hydrogen-bond donors (Lipinski definition) is 3. The molecule has 2 amide bonds. The molecule has 24 heavy (non-hydrogen) atoms. The van der Waals surface area contributed by atoms with E-state index < -0.39 is 23.4 Å². The number of hydrogen-bond acceptors (Lipinski definition) is 3. The molecule has 0 aliphatic heterocycles. The van der Waals surface area contributed by atoms with Crippen LogP contribution in [0.3, 0.4) is 0 Å². The number of anilines is 1. The first kappa shape index (κ1) is 18.3. The fourth-order valence-electron chi connectivity index (χ4n) is 3.11. The summed E-state index contributed by atoms with van der Waals surface area (Å²) in [5.41, 5.74) is -0.257. The van der Waals surface area contributed by atoms with Gasteiger partial charge in [-0.05, 0) is 37.3 Å². The van der Waals surface area contributed by atoms with Crippen molar-refractivity contribution in [3.63, 3.8) is 0 Å². The molecule has 0 bridgehead atoms. The highest BCUT2D eigenvalue weighted by atomic mass is 19.1. The van der Waals surface area contributed by atoms with Crippen molar-refractivity contribution >= 4 is 17.5 Å². The Balaban J connectivity index is 1.96. The summed E-state index contributed by atoms with van der Waals surface area (Å²) in [7, 11) is 0. The molecule has 1 atom stereocenters. The molecule has 1 unspecified atom stereocenters. The van der Waals surface area contributed by atoms with Crippen LogP contribution in [0.2, 0.25) is 0 Å². The Morgan fingerprint density at radius 1 is 1.17 bits per heavy atom. The minimum Gasteiger partial charge on any atom is -0.396 e. The molecule has 132 valence electrons. The second-order valence-corrected chi connectivity index (χ2v) is 6.07. The minimum absolute atomic E-state index is 0.0876. The Kier molecular flexibility index (Phi) is 6.66. The van der Waals surface area contributed by atoms with Gasteiger partial charge in [0.05, 0.1) is 5.69 Å². The van der Waals surface area contributed by atoms with E-state index in [9.17, 15) is 23.5 Å². The first-order valence-electron chi connectivity index (χ1n) is 8.19. The Bertz CT molecular complexity index is 589. The maximum absolute atomic E-state index is 13.5. The van der Waals surface area contributed by atoms with Gasteiger partial charge in [0, 0.05) is 18.7 Å². The lowest BCUT2D eigenvalue weighted by Gasteiger charge is -2.30. The number of nitrogens with one attached hydrogen (secondary N) is 2.